The molecule has 3 aromatic carbocycles. The minimum absolute atomic E-state index is 0.405. The first-order valence-corrected chi connectivity index (χ1v) is 14.5. The third kappa shape index (κ3) is 3.09. The Balaban J connectivity index is 1.06. The molecule has 0 aromatic heterocycles. The lowest BCUT2D eigenvalue weighted by Gasteiger charge is -2.38. The summed E-state index contributed by atoms with van der Waals surface area (Å²) in [6.07, 6.45) is 11.8. The van der Waals surface area contributed by atoms with E-state index in [9.17, 15) is 0 Å². The van der Waals surface area contributed by atoms with Crippen LogP contribution in [0.2, 0.25) is 0 Å². The Labute approximate surface area is 221 Å². The van der Waals surface area contributed by atoms with E-state index in [0.717, 1.165) is 23.4 Å². The Hall–Kier alpha value is -3.06. The molecule has 3 aromatic rings. The molecule has 5 aliphatic rings. The van der Waals surface area contributed by atoms with Gasteiger partial charge in [0.1, 0.15) is 0 Å². The van der Waals surface area contributed by atoms with Gasteiger partial charge in [-0.25, -0.2) is 0 Å². The van der Waals surface area contributed by atoms with Crippen molar-refractivity contribution >= 4 is 11.3 Å². The van der Waals surface area contributed by atoms with Gasteiger partial charge in [-0.1, -0.05) is 79.6 Å². The zero-order valence-electron chi connectivity index (χ0n) is 22.2. The van der Waals surface area contributed by atoms with Crippen LogP contribution in [0, 0.1) is 23.2 Å². The van der Waals surface area contributed by atoms with Crippen molar-refractivity contribution in [3.8, 4) is 22.3 Å². The van der Waals surface area contributed by atoms with Crippen molar-refractivity contribution in [1.82, 2.24) is 0 Å². The second-order valence-electron chi connectivity index (χ2n) is 13.2. The first-order chi connectivity index (χ1) is 17.9. The largest absolute Gasteiger partial charge is 0.399 e. The summed E-state index contributed by atoms with van der Waals surface area (Å²) in [5.41, 5.74) is 21.2. The lowest BCUT2D eigenvalue weighted by molar-refractivity contribution is 0.291. The van der Waals surface area contributed by atoms with Crippen molar-refractivity contribution in [3.05, 3.63) is 95.1 Å². The number of nitrogen functional groups attached to an aromatic ring is 1. The minimum atomic E-state index is 0.405. The van der Waals surface area contributed by atoms with E-state index in [1.807, 2.05) is 0 Å². The highest BCUT2D eigenvalue weighted by molar-refractivity contribution is 5.79. The van der Waals surface area contributed by atoms with Gasteiger partial charge in [0.15, 0.2) is 0 Å². The van der Waals surface area contributed by atoms with Crippen LogP contribution in [0.1, 0.15) is 69.9 Å². The van der Waals surface area contributed by atoms with Crippen LogP contribution < -0.4 is 5.73 Å². The molecule has 0 radical (unpaired) electrons. The van der Waals surface area contributed by atoms with Crippen molar-refractivity contribution in [3.63, 3.8) is 0 Å². The van der Waals surface area contributed by atoms with Crippen molar-refractivity contribution in [2.45, 2.75) is 64.2 Å². The molecule has 2 bridgehead atoms. The maximum atomic E-state index is 6.43. The monoisotopic (exact) mass is 483 g/mol. The molecule has 1 nitrogen and oxygen atoms in total. The fourth-order valence-electron chi connectivity index (χ4n) is 9.23. The highest BCUT2D eigenvalue weighted by Gasteiger charge is 2.76. The highest BCUT2D eigenvalue weighted by Crippen LogP contribution is 2.82. The van der Waals surface area contributed by atoms with Gasteiger partial charge < -0.3 is 5.73 Å². The van der Waals surface area contributed by atoms with E-state index < -0.39 is 0 Å². The molecule has 5 atom stereocenters. The van der Waals surface area contributed by atoms with Gasteiger partial charge in [0.2, 0.25) is 0 Å². The number of allylic oxidation sites excluding steroid dienone is 4. The number of nitrogens with two attached hydrogens (primary N) is 1. The lowest BCUT2D eigenvalue weighted by atomic mass is 9.66. The predicted octanol–water partition coefficient (Wildman–Crippen LogP) is 9.19. The quantitative estimate of drug-likeness (QED) is 0.290. The molecule has 8 rings (SSSR count). The molecule has 5 unspecified atom stereocenters. The molecule has 2 N–H and O–H groups in total. The molecule has 0 amide bonds. The van der Waals surface area contributed by atoms with Crippen LogP contribution in [-0.2, 0) is 5.41 Å². The molecule has 186 valence electrons. The Morgan fingerprint density at radius 3 is 2.08 bits per heavy atom. The maximum Gasteiger partial charge on any atom is 0.0326 e. The molecule has 0 aliphatic heterocycles. The summed E-state index contributed by atoms with van der Waals surface area (Å²) in [5, 5.41) is 0. The van der Waals surface area contributed by atoms with Crippen molar-refractivity contribution in [2.24, 2.45) is 23.2 Å². The van der Waals surface area contributed by atoms with Gasteiger partial charge >= 0.3 is 0 Å². The number of fused-ring (bicyclic) bond motifs is 2. The first kappa shape index (κ1) is 22.0. The maximum absolute atomic E-state index is 6.43. The Bertz CT molecular complexity index is 1490. The third-order valence-corrected chi connectivity index (χ3v) is 10.9. The molecule has 3 fully saturated rings. The number of rotatable bonds is 4. The van der Waals surface area contributed by atoms with E-state index in [-0.39, 0.29) is 0 Å². The first-order valence-electron chi connectivity index (χ1n) is 14.5. The molecular formula is C36H37N. The third-order valence-electron chi connectivity index (χ3n) is 10.9. The zero-order chi connectivity index (χ0) is 24.9. The summed E-state index contributed by atoms with van der Waals surface area (Å²) in [4.78, 5) is 0. The van der Waals surface area contributed by atoms with Crippen LogP contribution in [0.4, 0.5) is 5.69 Å². The van der Waals surface area contributed by atoms with Crippen LogP contribution in [0.5, 0.6) is 0 Å². The van der Waals surface area contributed by atoms with Crippen molar-refractivity contribution < 1.29 is 0 Å². The molecule has 3 saturated carbocycles. The lowest BCUT2D eigenvalue weighted by Crippen LogP contribution is -2.30. The fourth-order valence-corrected chi connectivity index (χ4v) is 9.23. The van der Waals surface area contributed by atoms with E-state index in [2.05, 4.69) is 86.7 Å². The van der Waals surface area contributed by atoms with Gasteiger partial charge in [-0.2, -0.15) is 0 Å². The summed E-state index contributed by atoms with van der Waals surface area (Å²) in [5.74, 6) is 2.54. The van der Waals surface area contributed by atoms with Crippen LogP contribution in [0.15, 0.2) is 84.0 Å². The summed E-state index contributed by atoms with van der Waals surface area (Å²) in [6, 6.07) is 25.3. The average Bonchev–Trinajstić information content (AvgIpc) is 3.37. The summed E-state index contributed by atoms with van der Waals surface area (Å²) in [6.45, 7) is 4.82. The topological polar surface area (TPSA) is 26.0 Å². The molecule has 5 aliphatic carbocycles. The van der Waals surface area contributed by atoms with Crippen LogP contribution in [0.25, 0.3) is 27.8 Å². The number of anilines is 1. The second kappa shape index (κ2) is 7.50. The van der Waals surface area contributed by atoms with E-state index in [4.69, 9.17) is 5.73 Å². The van der Waals surface area contributed by atoms with Gasteiger partial charge in [0.05, 0.1) is 0 Å². The van der Waals surface area contributed by atoms with Gasteiger partial charge in [-0.15, -0.1) is 0 Å². The Morgan fingerprint density at radius 1 is 0.730 bits per heavy atom. The molecule has 0 heterocycles. The van der Waals surface area contributed by atoms with Gasteiger partial charge in [0.25, 0.3) is 0 Å². The second-order valence-corrected chi connectivity index (χ2v) is 13.2. The van der Waals surface area contributed by atoms with E-state index in [0.29, 0.717) is 10.8 Å². The van der Waals surface area contributed by atoms with Gasteiger partial charge in [-0.05, 0) is 120 Å². The number of hydrogen-bond donors (Lipinski definition) is 1. The molecule has 1 spiro atoms. The van der Waals surface area contributed by atoms with Gasteiger partial charge in [-0.3, -0.25) is 0 Å². The average molecular weight is 484 g/mol. The zero-order valence-corrected chi connectivity index (χ0v) is 22.2. The van der Waals surface area contributed by atoms with E-state index in [1.165, 1.54) is 78.3 Å². The highest BCUT2D eigenvalue weighted by atomic mass is 14.8. The predicted molar refractivity (Wildman–Crippen MR) is 155 cm³/mol. The van der Waals surface area contributed by atoms with Crippen LogP contribution in [0.3, 0.4) is 0 Å². The van der Waals surface area contributed by atoms with E-state index in [1.54, 1.807) is 16.7 Å². The van der Waals surface area contributed by atoms with Gasteiger partial charge in [0, 0.05) is 16.5 Å². The fraction of sp³-hybridized carbons (Fsp3) is 0.389. The van der Waals surface area contributed by atoms with E-state index >= 15 is 0 Å². The minimum Gasteiger partial charge on any atom is -0.399 e. The normalized spacial score (nSPS) is 33.0. The Kier molecular flexibility index (Phi) is 4.45. The molecular weight excluding hydrogens is 446 g/mol. The van der Waals surface area contributed by atoms with Crippen LogP contribution >= 0.6 is 0 Å². The molecule has 0 saturated heterocycles. The SMILES string of the molecule is CC1CC2=C(c3ccc(-c4cc(N)cc(-c5ccc(C67CC=C8C(C)CC86C7)cc5)c4)cc3)CC(C2)C1. The van der Waals surface area contributed by atoms with Crippen molar-refractivity contribution in [1.29, 1.82) is 0 Å². The summed E-state index contributed by atoms with van der Waals surface area (Å²) in [7, 11) is 0. The number of benzene rings is 3. The smallest absolute Gasteiger partial charge is 0.0326 e. The Morgan fingerprint density at radius 2 is 1.41 bits per heavy atom. The molecule has 37 heavy (non-hydrogen) atoms. The molecule has 1 heteroatoms. The van der Waals surface area contributed by atoms with Crippen LogP contribution in [-0.4, -0.2) is 0 Å². The summed E-state index contributed by atoms with van der Waals surface area (Å²) < 4.78 is 0. The standard InChI is InChI=1S/C36H37N/c1-22-13-24-15-30(14-22)33(16-24)27-5-3-25(4-6-27)28-17-29(19-32(37)18-28)26-7-9-31(10-8-26)35-12-11-34-23(2)20-36(34,35)21-35/h3-11,17-19,22-24H,12-16,20-21,37H2,1-2H3. The summed E-state index contributed by atoms with van der Waals surface area (Å²) >= 11 is 0. The number of hydrogen-bond acceptors (Lipinski definition) is 1. The van der Waals surface area contributed by atoms with Crippen molar-refractivity contribution in [2.75, 3.05) is 5.73 Å².